The fourth-order valence-corrected chi connectivity index (χ4v) is 3.13. The number of carbonyl (C=O) groups is 1. The van der Waals surface area contributed by atoms with Crippen LogP contribution in [0.4, 0.5) is 13.2 Å². The second-order valence-corrected chi connectivity index (χ2v) is 6.63. The molecule has 0 unspecified atom stereocenters. The van der Waals surface area contributed by atoms with E-state index >= 15 is 0 Å². The third kappa shape index (κ3) is 4.03. The number of terminal acetylenes is 1. The van der Waals surface area contributed by atoms with Crippen molar-refractivity contribution in [2.45, 2.75) is 12.7 Å². The average molecular weight is 457 g/mol. The van der Waals surface area contributed by atoms with Gasteiger partial charge in [-0.15, -0.1) is 6.42 Å². The van der Waals surface area contributed by atoms with Gasteiger partial charge in [-0.3, -0.25) is 9.08 Å². The molecule has 0 radical (unpaired) electrons. The Labute approximate surface area is 184 Å². The van der Waals surface area contributed by atoms with Crippen LogP contribution in [-0.2, 0) is 17.5 Å². The number of phenols is 1. The molecule has 9 nitrogen and oxygen atoms in total. The van der Waals surface area contributed by atoms with Gasteiger partial charge in [0, 0.05) is 24.7 Å². The summed E-state index contributed by atoms with van der Waals surface area (Å²) in [4.78, 5) is 19.8. The van der Waals surface area contributed by atoms with Crippen molar-refractivity contribution >= 4 is 11.6 Å². The van der Waals surface area contributed by atoms with Gasteiger partial charge in [0.05, 0.1) is 24.6 Å². The van der Waals surface area contributed by atoms with Gasteiger partial charge in [-0.05, 0) is 12.1 Å². The summed E-state index contributed by atoms with van der Waals surface area (Å²) in [5.74, 6) is 1.20. The van der Waals surface area contributed by atoms with E-state index in [-0.39, 0.29) is 46.4 Å². The molecular weight excluding hydrogens is 443 g/mol. The second-order valence-electron chi connectivity index (χ2n) is 6.63. The van der Waals surface area contributed by atoms with Crippen molar-refractivity contribution in [1.82, 2.24) is 24.1 Å². The highest BCUT2D eigenvalue weighted by Crippen LogP contribution is 2.37. The normalized spacial score (nSPS) is 11.4. The highest BCUT2D eigenvalue weighted by atomic mass is 19.4. The predicted molar refractivity (Wildman–Crippen MR) is 108 cm³/mol. The molecule has 0 spiro atoms. The SMILES string of the molecule is C#CCn1cc(-c2cnc3c(Oc4ccc(C(=O)OC)c(O)c4)nccn23)c(C(F)(F)F)n1. The maximum Gasteiger partial charge on any atom is 0.435 e. The minimum absolute atomic E-state index is 0.0430. The van der Waals surface area contributed by atoms with Crippen LogP contribution >= 0.6 is 0 Å². The highest BCUT2D eigenvalue weighted by molar-refractivity contribution is 5.92. The molecule has 12 heteroatoms. The minimum atomic E-state index is -4.72. The molecule has 0 aliphatic rings. The number of hydrogen-bond acceptors (Lipinski definition) is 7. The van der Waals surface area contributed by atoms with Crippen molar-refractivity contribution in [3.8, 4) is 41.0 Å². The molecular formula is C21H14F3N5O4. The maximum absolute atomic E-state index is 13.6. The van der Waals surface area contributed by atoms with E-state index in [0.29, 0.717) is 0 Å². The first-order valence-corrected chi connectivity index (χ1v) is 9.22. The van der Waals surface area contributed by atoms with Gasteiger partial charge in [0.15, 0.2) is 5.69 Å². The number of benzene rings is 1. The summed E-state index contributed by atoms with van der Waals surface area (Å²) in [6.45, 7) is -0.138. The topological polar surface area (TPSA) is 104 Å². The standard InChI is InChI=1S/C21H14F3N5O4/c1-3-7-28-11-14(17(27-28)21(22,23)24)15-10-26-18-19(25-6-8-29(15)18)33-12-4-5-13(16(30)9-12)20(31)32-2/h1,4-6,8-11,30H,7H2,2H3. The number of nitrogens with zero attached hydrogens (tertiary/aromatic N) is 5. The molecule has 4 rings (SSSR count). The van der Waals surface area contributed by atoms with Crippen molar-refractivity contribution in [3.05, 3.63) is 54.2 Å². The number of aromatic hydroxyl groups is 1. The molecule has 3 heterocycles. The fraction of sp³-hybridized carbons (Fsp3) is 0.143. The van der Waals surface area contributed by atoms with Gasteiger partial charge >= 0.3 is 12.1 Å². The molecule has 0 bridgehead atoms. The number of rotatable bonds is 5. The van der Waals surface area contributed by atoms with Crippen LogP contribution in [0.5, 0.6) is 17.4 Å². The highest BCUT2D eigenvalue weighted by Gasteiger charge is 2.38. The van der Waals surface area contributed by atoms with Gasteiger partial charge < -0.3 is 14.6 Å². The van der Waals surface area contributed by atoms with Gasteiger partial charge in [-0.2, -0.15) is 18.3 Å². The first kappa shape index (κ1) is 21.7. The number of fused-ring (bicyclic) bond motifs is 1. The summed E-state index contributed by atoms with van der Waals surface area (Å²) in [7, 11) is 1.17. The van der Waals surface area contributed by atoms with Crippen molar-refractivity contribution in [2.75, 3.05) is 7.11 Å². The number of ether oxygens (including phenoxy) is 2. The zero-order valence-corrected chi connectivity index (χ0v) is 16.9. The summed E-state index contributed by atoms with van der Waals surface area (Å²) in [5, 5.41) is 13.6. The summed E-state index contributed by atoms with van der Waals surface area (Å²) in [6, 6.07) is 3.86. The number of esters is 1. The lowest BCUT2D eigenvalue weighted by Gasteiger charge is -2.09. The van der Waals surface area contributed by atoms with Crippen molar-refractivity contribution in [2.24, 2.45) is 0 Å². The number of halogens is 3. The van der Waals surface area contributed by atoms with Crippen LogP contribution in [-0.4, -0.2) is 42.3 Å². The second kappa shape index (κ2) is 8.19. The first-order chi connectivity index (χ1) is 15.7. The zero-order chi connectivity index (χ0) is 23.8. The molecule has 0 aliphatic carbocycles. The van der Waals surface area contributed by atoms with Crippen LogP contribution in [0.2, 0.25) is 0 Å². The summed E-state index contributed by atoms with van der Waals surface area (Å²) < 4.78 is 53.3. The number of aromatic nitrogens is 5. The monoisotopic (exact) mass is 457 g/mol. The molecule has 3 aromatic heterocycles. The van der Waals surface area contributed by atoms with E-state index in [1.807, 2.05) is 0 Å². The quantitative estimate of drug-likeness (QED) is 0.361. The van der Waals surface area contributed by atoms with E-state index in [0.717, 1.165) is 4.68 Å². The molecule has 0 amide bonds. The molecule has 168 valence electrons. The number of imidazole rings is 1. The van der Waals surface area contributed by atoms with E-state index in [1.165, 1.54) is 54.5 Å². The van der Waals surface area contributed by atoms with Crippen LogP contribution in [0, 0.1) is 12.3 Å². The zero-order valence-electron chi connectivity index (χ0n) is 16.9. The molecule has 4 aromatic rings. The molecule has 33 heavy (non-hydrogen) atoms. The van der Waals surface area contributed by atoms with Crippen molar-refractivity contribution in [1.29, 1.82) is 0 Å². The number of methoxy groups -OCH3 is 1. The van der Waals surface area contributed by atoms with Gasteiger partial charge in [0.25, 0.3) is 5.88 Å². The Morgan fingerprint density at radius 2 is 2.09 bits per heavy atom. The van der Waals surface area contributed by atoms with E-state index in [1.54, 1.807) is 0 Å². The third-order valence-electron chi connectivity index (χ3n) is 4.54. The molecule has 0 aliphatic heterocycles. The van der Waals surface area contributed by atoms with Gasteiger partial charge in [-0.25, -0.2) is 14.8 Å². The van der Waals surface area contributed by atoms with Crippen LogP contribution in [0.25, 0.3) is 16.9 Å². The van der Waals surface area contributed by atoms with Crippen molar-refractivity contribution < 1.29 is 32.5 Å². The van der Waals surface area contributed by atoms with E-state index in [9.17, 15) is 23.1 Å². The lowest BCUT2D eigenvalue weighted by Crippen LogP contribution is -2.09. The van der Waals surface area contributed by atoms with Gasteiger partial charge in [-0.1, -0.05) is 5.92 Å². The van der Waals surface area contributed by atoms with Crippen molar-refractivity contribution in [3.63, 3.8) is 0 Å². The fourth-order valence-electron chi connectivity index (χ4n) is 3.13. The van der Waals surface area contributed by atoms with Gasteiger partial charge in [0.1, 0.15) is 23.6 Å². The summed E-state index contributed by atoms with van der Waals surface area (Å²) >= 11 is 0. The Morgan fingerprint density at radius 3 is 2.76 bits per heavy atom. The number of alkyl halides is 3. The smallest absolute Gasteiger partial charge is 0.435 e. The lowest BCUT2D eigenvalue weighted by molar-refractivity contribution is -0.141. The molecule has 1 N–H and O–H groups in total. The summed E-state index contributed by atoms with van der Waals surface area (Å²) in [6.07, 6.45) is 5.63. The van der Waals surface area contributed by atoms with E-state index in [4.69, 9.17) is 11.2 Å². The minimum Gasteiger partial charge on any atom is -0.507 e. The van der Waals surface area contributed by atoms with Crippen LogP contribution in [0.1, 0.15) is 16.1 Å². The lowest BCUT2D eigenvalue weighted by atomic mass is 10.2. The van der Waals surface area contributed by atoms with Crippen LogP contribution in [0.15, 0.2) is 43.0 Å². The van der Waals surface area contributed by atoms with Crippen LogP contribution < -0.4 is 4.74 Å². The third-order valence-corrected chi connectivity index (χ3v) is 4.54. The first-order valence-electron chi connectivity index (χ1n) is 9.22. The van der Waals surface area contributed by atoms with E-state index in [2.05, 4.69) is 25.7 Å². The number of hydrogen-bond donors (Lipinski definition) is 1. The Morgan fingerprint density at radius 1 is 1.30 bits per heavy atom. The predicted octanol–water partition coefficient (Wildman–Crippen LogP) is 3.53. The Hall–Kier alpha value is -4.53. The van der Waals surface area contributed by atoms with Gasteiger partial charge in [0.2, 0.25) is 5.65 Å². The molecule has 0 atom stereocenters. The van der Waals surface area contributed by atoms with E-state index < -0.39 is 17.8 Å². The molecule has 0 saturated heterocycles. The molecule has 1 aromatic carbocycles. The average Bonchev–Trinajstić information content (AvgIpc) is 3.38. The molecule has 0 fully saturated rings. The largest absolute Gasteiger partial charge is 0.507 e. The Kier molecular flexibility index (Phi) is 5.39. The van der Waals surface area contributed by atoms with Crippen LogP contribution in [0.3, 0.4) is 0 Å². The molecule has 0 saturated carbocycles. The Balaban J connectivity index is 1.75. The maximum atomic E-state index is 13.6. The summed E-state index contributed by atoms with van der Waals surface area (Å²) in [5.41, 5.74) is -1.19. The number of phenolic OH excluding ortho intramolecular Hbond substituents is 1. The number of carbonyl (C=O) groups excluding carboxylic acids is 1. The Bertz CT molecular complexity index is 1400.